The number of hydrogen-bond donors (Lipinski definition) is 5. The third kappa shape index (κ3) is 2.69. The highest BCUT2D eigenvalue weighted by Gasteiger charge is 2.00. The Balaban J connectivity index is 2.76. The smallest absolute Gasteiger partial charge is 0.243 e. The number of aromatic nitrogens is 3. The third-order valence-corrected chi connectivity index (χ3v) is 1.16. The number of hydrogen-bond acceptors (Lipinski definition) is 8. The van der Waals surface area contributed by atoms with Crippen molar-refractivity contribution in [3.05, 3.63) is 0 Å². The molecule has 0 saturated carbocycles. The lowest BCUT2D eigenvalue weighted by atomic mass is 10.8. The van der Waals surface area contributed by atoms with Gasteiger partial charge in [-0.15, -0.1) is 0 Å². The number of nitrogen functional groups attached to an aromatic ring is 2. The fourth-order valence-electron chi connectivity index (χ4n) is 0.680. The summed E-state index contributed by atoms with van der Waals surface area (Å²) in [4.78, 5) is 11.4. The normalized spacial score (nSPS) is 9.69. The number of hydrazine groups is 2. The minimum atomic E-state index is 0.100. The van der Waals surface area contributed by atoms with E-state index in [0.29, 0.717) is 5.95 Å². The SMILES string of the molecule is CCNNc1nc(N)nc(NN)n1. The molecule has 1 heterocycles. The molecule has 0 aliphatic rings. The predicted octanol–water partition coefficient (Wildman–Crippen LogP) is -1.32. The number of nitrogens with two attached hydrogens (primary N) is 2. The van der Waals surface area contributed by atoms with Crippen molar-refractivity contribution in [3.8, 4) is 0 Å². The van der Waals surface area contributed by atoms with Crippen molar-refractivity contribution in [2.24, 2.45) is 5.84 Å². The van der Waals surface area contributed by atoms with Crippen LogP contribution in [0.5, 0.6) is 0 Å². The van der Waals surface area contributed by atoms with Crippen LogP contribution in [-0.2, 0) is 0 Å². The number of nitrogens with zero attached hydrogens (tertiary/aromatic N) is 3. The van der Waals surface area contributed by atoms with Crippen molar-refractivity contribution in [3.63, 3.8) is 0 Å². The third-order valence-electron chi connectivity index (χ3n) is 1.16. The van der Waals surface area contributed by atoms with Gasteiger partial charge in [0.05, 0.1) is 0 Å². The summed E-state index contributed by atoms with van der Waals surface area (Å²) in [7, 11) is 0. The topological polar surface area (TPSA) is 127 Å². The maximum absolute atomic E-state index is 5.38. The first kappa shape index (κ1) is 9.42. The highest BCUT2D eigenvalue weighted by molar-refractivity contribution is 5.38. The molecule has 0 aliphatic carbocycles. The van der Waals surface area contributed by atoms with Gasteiger partial charge in [-0.05, 0) is 0 Å². The highest BCUT2D eigenvalue weighted by Crippen LogP contribution is 2.03. The molecule has 8 nitrogen and oxygen atoms in total. The first-order valence-corrected chi connectivity index (χ1v) is 3.73. The standard InChI is InChI=1S/C5H12N8/c1-2-8-13-5-10-3(6)9-4(11-5)12-7/h8H,2,7H2,1H3,(H4,6,9,10,11,12,13). The molecule has 0 saturated heterocycles. The molecule has 0 amide bonds. The Hall–Kier alpha value is -1.67. The van der Waals surface area contributed by atoms with Gasteiger partial charge in [0, 0.05) is 6.54 Å². The van der Waals surface area contributed by atoms with E-state index >= 15 is 0 Å². The Bertz CT molecular complexity index is 273. The molecule has 8 heteroatoms. The summed E-state index contributed by atoms with van der Waals surface area (Å²) in [5.74, 6) is 5.75. The van der Waals surface area contributed by atoms with Crippen LogP contribution >= 0.6 is 0 Å². The lowest BCUT2D eigenvalue weighted by Crippen LogP contribution is -2.23. The van der Waals surface area contributed by atoms with Crippen LogP contribution in [0.3, 0.4) is 0 Å². The Morgan fingerprint density at radius 1 is 1.23 bits per heavy atom. The maximum Gasteiger partial charge on any atom is 0.243 e. The van der Waals surface area contributed by atoms with Crippen LogP contribution < -0.4 is 27.9 Å². The van der Waals surface area contributed by atoms with Gasteiger partial charge in [0.15, 0.2) is 0 Å². The van der Waals surface area contributed by atoms with E-state index in [1.165, 1.54) is 0 Å². The molecule has 0 atom stereocenters. The summed E-state index contributed by atoms with van der Waals surface area (Å²) in [5.41, 5.74) is 13.2. The predicted molar refractivity (Wildman–Crippen MR) is 49.3 cm³/mol. The molecule has 13 heavy (non-hydrogen) atoms. The summed E-state index contributed by atoms with van der Waals surface area (Å²) in [6, 6.07) is 0. The average Bonchev–Trinajstić information content (AvgIpc) is 2.14. The van der Waals surface area contributed by atoms with Crippen molar-refractivity contribution >= 4 is 17.8 Å². The zero-order valence-electron chi connectivity index (χ0n) is 7.20. The Morgan fingerprint density at radius 3 is 2.54 bits per heavy atom. The van der Waals surface area contributed by atoms with Crippen LogP contribution in [0.2, 0.25) is 0 Å². The van der Waals surface area contributed by atoms with E-state index in [1.54, 1.807) is 0 Å². The largest absolute Gasteiger partial charge is 0.368 e. The molecule has 0 aliphatic heterocycles. The maximum atomic E-state index is 5.38. The second kappa shape index (κ2) is 4.38. The van der Waals surface area contributed by atoms with E-state index < -0.39 is 0 Å². The first-order valence-electron chi connectivity index (χ1n) is 3.73. The van der Waals surface area contributed by atoms with Gasteiger partial charge in [-0.25, -0.2) is 11.3 Å². The zero-order chi connectivity index (χ0) is 9.68. The van der Waals surface area contributed by atoms with Crippen molar-refractivity contribution in [2.75, 3.05) is 23.1 Å². The van der Waals surface area contributed by atoms with Gasteiger partial charge in [0.25, 0.3) is 0 Å². The van der Waals surface area contributed by atoms with Gasteiger partial charge in [-0.2, -0.15) is 15.0 Å². The van der Waals surface area contributed by atoms with Crippen LogP contribution in [0.25, 0.3) is 0 Å². The Morgan fingerprint density at radius 2 is 1.92 bits per heavy atom. The van der Waals surface area contributed by atoms with Gasteiger partial charge < -0.3 is 5.73 Å². The lowest BCUT2D eigenvalue weighted by Gasteiger charge is -2.05. The van der Waals surface area contributed by atoms with Gasteiger partial charge in [-0.3, -0.25) is 10.9 Å². The molecule has 0 aromatic carbocycles. The van der Waals surface area contributed by atoms with E-state index in [2.05, 4.69) is 31.2 Å². The molecule has 72 valence electrons. The van der Waals surface area contributed by atoms with Crippen molar-refractivity contribution in [1.82, 2.24) is 20.4 Å². The van der Waals surface area contributed by atoms with Crippen LogP contribution in [0, 0.1) is 0 Å². The summed E-state index contributed by atoms with van der Waals surface area (Å²) in [6.45, 7) is 2.66. The van der Waals surface area contributed by atoms with E-state index in [0.717, 1.165) is 6.54 Å². The minimum Gasteiger partial charge on any atom is -0.368 e. The molecule has 7 N–H and O–H groups in total. The average molecular weight is 184 g/mol. The molecule has 0 bridgehead atoms. The van der Waals surface area contributed by atoms with E-state index in [-0.39, 0.29) is 11.9 Å². The molecule has 0 radical (unpaired) electrons. The summed E-state index contributed by atoms with van der Waals surface area (Å²) >= 11 is 0. The van der Waals surface area contributed by atoms with Gasteiger partial charge in [0.2, 0.25) is 17.8 Å². The van der Waals surface area contributed by atoms with Crippen LogP contribution in [0.15, 0.2) is 0 Å². The molecule has 1 rings (SSSR count). The molecule has 1 aromatic rings. The van der Waals surface area contributed by atoms with Crippen molar-refractivity contribution < 1.29 is 0 Å². The monoisotopic (exact) mass is 184 g/mol. The van der Waals surface area contributed by atoms with Crippen molar-refractivity contribution in [1.29, 1.82) is 0 Å². The van der Waals surface area contributed by atoms with Crippen LogP contribution in [0.1, 0.15) is 6.92 Å². The first-order chi connectivity index (χ1) is 6.26. The fraction of sp³-hybridized carbons (Fsp3) is 0.400. The molecule has 1 aromatic heterocycles. The van der Waals surface area contributed by atoms with E-state index in [9.17, 15) is 0 Å². The van der Waals surface area contributed by atoms with Gasteiger partial charge in [0.1, 0.15) is 0 Å². The second-order valence-electron chi connectivity index (χ2n) is 2.14. The van der Waals surface area contributed by atoms with Gasteiger partial charge >= 0.3 is 0 Å². The van der Waals surface area contributed by atoms with Crippen molar-refractivity contribution in [2.45, 2.75) is 6.92 Å². The minimum absolute atomic E-state index is 0.100. The highest BCUT2D eigenvalue weighted by atomic mass is 15.4. The Labute approximate surface area is 75.1 Å². The quantitative estimate of drug-likeness (QED) is 0.288. The van der Waals surface area contributed by atoms with Crippen LogP contribution in [-0.4, -0.2) is 21.5 Å². The van der Waals surface area contributed by atoms with E-state index in [1.807, 2.05) is 6.92 Å². The molecule has 0 unspecified atom stereocenters. The Kier molecular flexibility index (Phi) is 3.17. The molecular weight excluding hydrogens is 172 g/mol. The number of rotatable bonds is 4. The lowest BCUT2D eigenvalue weighted by molar-refractivity contribution is 0.821. The fourth-order valence-corrected chi connectivity index (χ4v) is 0.680. The number of anilines is 3. The van der Waals surface area contributed by atoms with E-state index in [4.69, 9.17) is 11.6 Å². The zero-order valence-corrected chi connectivity index (χ0v) is 7.20. The summed E-state index contributed by atoms with van der Waals surface area (Å²) < 4.78 is 0. The molecule has 0 fully saturated rings. The summed E-state index contributed by atoms with van der Waals surface area (Å²) in [5, 5.41) is 0. The van der Waals surface area contributed by atoms with Crippen LogP contribution in [0.4, 0.5) is 17.8 Å². The molecule has 0 spiro atoms. The van der Waals surface area contributed by atoms with Gasteiger partial charge in [-0.1, -0.05) is 6.92 Å². The summed E-state index contributed by atoms with van der Waals surface area (Å²) in [6.07, 6.45) is 0. The number of nitrogens with one attached hydrogen (secondary N) is 3. The second-order valence-corrected chi connectivity index (χ2v) is 2.14. The molecular formula is C5H12N8.